The monoisotopic (exact) mass is 257 g/mol. The van der Waals surface area contributed by atoms with Crippen molar-refractivity contribution in [1.29, 1.82) is 0 Å². The number of thiol groups is 1. The van der Waals surface area contributed by atoms with Gasteiger partial charge in [-0.1, -0.05) is 18.2 Å². The standard InChI is InChI=1S/C14H11NO2S/c1-15-10-6-3-2-5-9(10)12(14(15)18)13(16)11-7-4-8-17-11/h2-8,18H,1H3. The van der Waals surface area contributed by atoms with Gasteiger partial charge in [0.1, 0.15) is 0 Å². The lowest BCUT2D eigenvalue weighted by Gasteiger charge is -1.98. The number of furan rings is 1. The summed E-state index contributed by atoms with van der Waals surface area (Å²) >= 11 is 4.44. The Morgan fingerprint density at radius 1 is 1.22 bits per heavy atom. The molecule has 0 unspecified atom stereocenters. The van der Waals surface area contributed by atoms with Crippen LogP contribution >= 0.6 is 12.6 Å². The molecule has 0 amide bonds. The maximum Gasteiger partial charge on any atom is 0.231 e. The third-order valence-electron chi connectivity index (χ3n) is 3.05. The number of aromatic nitrogens is 1. The fourth-order valence-corrected chi connectivity index (χ4v) is 2.46. The van der Waals surface area contributed by atoms with Gasteiger partial charge in [0.15, 0.2) is 5.76 Å². The van der Waals surface area contributed by atoms with E-state index < -0.39 is 0 Å². The molecule has 2 aromatic heterocycles. The second-order valence-electron chi connectivity index (χ2n) is 4.08. The van der Waals surface area contributed by atoms with Crippen LogP contribution in [0.3, 0.4) is 0 Å². The van der Waals surface area contributed by atoms with E-state index in [9.17, 15) is 4.79 Å². The lowest BCUT2D eigenvalue weighted by Crippen LogP contribution is -2.00. The molecule has 0 aliphatic rings. The van der Waals surface area contributed by atoms with Crippen LogP contribution in [0.15, 0.2) is 52.1 Å². The molecule has 90 valence electrons. The van der Waals surface area contributed by atoms with Gasteiger partial charge in [0.05, 0.1) is 16.9 Å². The molecule has 4 heteroatoms. The molecule has 18 heavy (non-hydrogen) atoms. The molecule has 0 fully saturated rings. The Labute approximate surface area is 109 Å². The number of nitrogens with zero attached hydrogens (tertiary/aromatic N) is 1. The summed E-state index contributed by atoms with van der Waals surface area (Å²) in [4.78, 5) is 12.4. The van der Waals surface area contributed by atoms with Crippen LogP contribution in [0.5, 0.6) is 0 Å². The minimum atomic E-state index is -0.137. The zero-order valence-corrected chi connectivity index (χ0v) is 10.6. The Balaban J connectivity index is 2.30. The Kier molecular flexibility index (Phi) is 2.52. The highest BCUT2D eigenvalue weighted by Crippen LogP contribution is 2.29. The van der Waals surface area contributed by atoms with Gasteiger partial charge in [-0.05, 0) is 18.2 Å². The molecular formula is C14H11NO2S. The van der Waals surface area contributed by atoms with E-state index in [1.807, 2.05) is 35.9 Å². The maximum absolute atomic E-state index is 12.4. The predicted molar refractivity (Wildman–Crippen MR) is 72.3 cm³/mol. The number of carbonyl (C=O) groups excluding carboxylic acids is 1. The van der Waals surface area contributed by atoms with Gasteiger partial charge < -0.3 is 8.98 Å². The molecule has 0 saturated heterocycles. The third-order valence-corrected chi connectivity index (χ3v) is 3.57. The molecule has 0 N–H and O–H groups in total. The lowest BCUT2D eigenvalue weighted by molar-refractivity contribution is 0.101. The first-order chi connectivity index (χ1) is 8.70. The summed E-state index contributed by atoms with van der Waals surface area (Å²) in [5, 5.41) is 1.55. The van der Waals surface area contributed by atoms with Gasteiger partial charge in [-0.3, -0.25) is 4.79 Å². The van der Waals surface area contributed by atoms with Gasteiger partial charge in [-0.15, -0.1) is 12.6 Å². The van der Waals surface area contributed by atoms with Crippen LogP contribution in [-0.4, -0.2) is 10.4 Å². The first kappa shape index (κ1) is 11.2. The van der Waals surface area contributed by atoms with E-state index in [4.69, 9.17) is 4.42 Å². The van der Waals surface area contributed by atoms with Gasteiger partial charge in [0.2, 0.25) is 5.78 Å². The van der Waals surface area contributed by atoms with Crippen molar-refractivity contribution in [2.45, 2.75) is 5.03 Å². The van der Waals surface area contributed by atoms with Crippen LogP contribution in [0, 0.1) is 0 Å². The minimum Gasteiger partial charge on any atom is -0.461 e. The number of ketones is 1. The normalized spacial score (nSPS) is 11.0. The summed E-state index contributed by atoms with van der Waals surface area (Å²) in [7, 11) is 1.89. The number of para-hydroxylation sites is 1. The summed E-state index contributed by atoms with van der Waals surface area (Å²) in [6.45, 7) is 0. The molecule has 3 nitrogen and oxygen atoms in total. The number of fused-ring (bicyclic) bond motifs is 1. The molecule has 0 saturated carbocycles. The van der Waals surface area contributed by atoms with Crippen molar-refractivity contribution in [3.8, 4) is 0 Å². The average Bonchev–Trinajstić information content (AvgIpc) is 2.99. The highest BCUT2D eigenvalue weighted by Gasteiger charge is 2.21. The van der Waals surface area contributed by atoms with E-state index in [1.165, 1.54) is 6.26 Å². The fourth-order valence-electron chi connectivity index (χ4n) is 2.13. The van der Waals surface area contributed by atoms with Crippen LogP contribution in [0.25, 0.3) is 10.9 Å². The largest absolute Gasteiger partial charge is 0.461 e. The smallest absolute Gasteiger partial charge is 0.231 e. The summed E-state index contributed by atoms with van der Waals surface area (Å²) in [5.41, 5.74) is 1.57. The molecule has 0 atom stereocenters. The van der Waals surface area contributed by atoms with Crippen molar-refractivity contribution in [3.05, 3.63) is 54.0 Å². The van der Waals surface area contributed by atoms with Gasteiger partial charge in [0, 0.05) is 18.0 Å². The van der Waals surface area contributed by atoms with E-state index in [-0.39, 0.29) is 5.78 Å². The summed E-state index contributed by atoms with van der Waals surface area (Å²) in [6.07, 6.45) is 1.50. The Morgan fingerprint density at radius 2 is 2.00 bits per heavy atom. The van der Waals surface area contributed by atoms with E-state index >= 15 is 0 Å². The quantitative estimate of drug-likeness (QED) is 0.564. The van der Waals surface area contributed by atoms with Crippen molar-refractivity contribution >= 4 is 29.3 Å². The highest BCUT2D eigenvalue weighted by atomic mass is 32.1. The molecule has 3 rings (SSSR count). The minimum absolute atomic E-state index is 0.137. The maximum atomic E-state index is 12.4. The first-order valence-corrected chi connectivity index (χ1v) is 5.99. The summed E-state index contributed by atoms with van der Waals surface area (Å²) in [5.74, 6) is 0.198. The number of aryl methyl sites for hydroxylation is 1. The van der Waals surface area contributed by atoms with E-state index in [0.29, 0.717) is 16.3 Å². The zero-order valence-electron chi connectivity index (χ0n) is 9.75. The number of hydrogen-bond donors (Lipinski definition) is 1. The summed E-state index contributed by atoms with van der Waals surface area (Å²) in [6, 6.07) is 11.1. The molecule has 2 heterocycles. The van der Waals surface area contributed by atoms with Gasteiger partial charge in [0.25, 0.3) is 0 Å². The molecule has 0 spiro atoms. The van der Waals surface area contributed by atoms with Crippen LogP contribution in [0.1, 0.15) is 16.1 Å². The van der Waals surface area contributed by atoms with E-state index in [0.717, 1.165) is 10.9 Å². The van der Waals surface area contributed by atoms with Gasteiger partial charge >= 0.3 is 0 Å². The fraction of sp³-hybridized carbons (Fsp3) is 0.0714. The second-order valence-corrected chi connectivity index (χ2v) is 4.50. The van der Waals surface area contributed by atoms with Crippen LogP contribution in [-0.2, 0) is 7.05 Å². The molecule has 0 bridgehead atoms. The van der Waals surface area contributed by atoms with Gasteiger partial charge in [-0.2, -0.15) is 0 Å². The Hall–Kier alpha value is -1.94. The van der Waals surface area contributed by atoms with E-state index in [2.05, 4.69) is 12.6 Å². The van der Waals surface area contributed by atoms with Crippen molar-refractivity contribution in [2.75, 3.05) is 0 Å². The molecule has 0 aliphatic carbocycles. The lowest BCUT2D eigenvalue weighted by atomic mass is 10.1. The number of carbonyl (C=O) groups is 1. The number of rotatable bonds is 2. The summed E-state index contributed by atoms with van der Waals surface area (Å²) < 4.78 is 7.07. The average molecular weight is 257 g/mol. The Morgan fingerprint density at radius 3 is 2.72 bits per heavy atom. The molecule has 1 aromatic carbocycles. The molecule has 0 radical (unpaired) electrons. The molecule has 3 aromatic rings. The van der Waals surface area contributed by atoms with Crippen LogP contribution < -0.4 is 0 Å². The van der Waals surface area contributed by atoms with Crippen molar-refractivity contribution < 1.29 is 9.21 Å². The highest BCUT2D eigenvalue weighted by molar-refractivity contribution is 7.80. The van der Waals surface area contributed by atoms with Crippen LogP contribution in [0.4, 0.5) is 0 Å². The third kappa shape index (κ3) is 1.49. The predicted octanol–water partition coefficient (Wildman–Crippen LogP) is 3.29. The van der Waals surface area contributed by atoms with Crippen molar-refractivity contribution in [1.82, 2.24) is 4.57 Å². The van der Waals surface area contributed by atoms with Crippen LogP contribution in [0.2, 0.25) is 0 Å². The van der Waals surface area contributed by atoms with E-state index in [1.54, 1.807) is 12.1 Å². The molecule has 0 aliphatic heterocycles. The van der Waals surface area contributed by atoms with Gasteiger partial charge in [-0.25, -0.2) is 0 Å². The topological polar surface area (TPSA) is 35.1 Å². The second kappa shape index (κ2) is 4.07. The number of hydrogen-bond acceptors (Lipinski definition) is 3. The van der Waals surface area contributed by atoms with Crippen molar-refractivity contribution in [2.24, 2.45) is 7.05 Å². The molecular weight excluding hydrogens is 246 g/mol. The first-order valence-electron chi connectivity index (χ1n) is 5.54. The Bertz CT molecular complexity index is 726. The SMILES string of the molecule is Cn1c(S)c(C(=O)c2ccco2)c2ccccc21. The zero-order chi connectivity index (χ0) is 12.7. The van der Waals surface area contributed by atoms with Crippen molar-refractivity contribution in [3.63, 3.8) is 0 Å². The number of benzene rings is 1.